The molecule has 12 heavy (non-hydrogen) atoms. The minimum Gasteiger partial charge on any atom is -0.377 e. The number of carbonyl (C=O) groups is 1. The number of piperidine rings is 1. The molecule has 1 N–H and O–H groups in total. The lowest BCUT2D eigenvalue weighted by Crippen LogP contribution is -2.35. The van der Waals surface area contributed by atoms with Crippen LogP contribution in [0.5, 0.6) is 0 Å². The van der Waals surface area contributed by atoms with Gasteiger partial charge in [-0.15, -0.1) is 6.58 Å². The first-order valence-corrected chi connectivity index (χ1v) is 4.28. The minimum atomic E-state index is 0.147. The number of hydrogen-bond acceptors (Lipinski definition) is 2. The predicted octanol–water partition coefficient (Wildman–Crippen LogP) is 0.715. The van der Waals surface area contributed by atoms with E-state index >= 15 is 0 Å². The fourth-order valence-corrected chi connectivity index (χ4v) is 1.31. The molecule has 1 fully saturated rings. The number of nitrogens with one attached hydrogen (secondary N) is 1. The average molecular weight is 169 g/mol. The number of amides is 1. The van der Waals surface area contributed by atoms with Crippen LogP contribution in [-0.2, 0) is 9.53 Å². The molecule has 0 saturated carbocycles. The molecule has 0 aromatic rings. The standard InChI is InChI=1S/C9H15NO2/c1-2-5-12-7-8-3-4-10-9(11)6-8/h2,8H,1,3-7H2,(H,10,11). The Balaban J connectivity index is 2.14. The number of carbonyl (C=O) groups excluding carboxylic acids is 1. The van der Waals surface area contributed by atoms with Crippen LogP contribution in [0, 0.1) is 5.92 Å². The fraction of sp³-hybridized carbons (Fsp3) is 0.667. The number of rotatable bonds is 4. The lowest BCUT2D eigenvalue weighted by molar-refractivity contribution is -0.124. The second-order valence-electron chi connectivity index (χ2n) is 3.03. The Kier molecular flexibility index (Phi) is 3.80. The molecule has 1 saturated heterocycles. The highest BCUT2D eigenvalue weighted by molar-refractivity contribution is 5.76. The van der Waals surface area contributed by atoms with Crippen LogP contribution in [0.2, 0.25) is 0 Å². The zero-order valence-corrected chi connectivity index (χ0v) is 7.21. The van der Waals surface area contributed by atoms with Gasteiger partial charge in [0.2, 0.25) is 5.91 Å². The molecule has 0 radical (unpaired) electrons. The molecule has 3 nitrogen and oxygen atoms in total. The topological polar surface area (TPSA) is 38.3 Å². The molecule has 0 aliphatic carbocycles. The predicted molar refractivity (Wildman–Crippen MR) is 46.7 cm³/mol. The molecule has 1 aliphatic rings. The van der Waals surface area contributed by atoms with Crippen molar-refractivity contribution in [2.24, 2.45) is 5.92 Å². The van der Waals surface area contributed by atoms with Gasteiger partial charge in [-0.3, -0.25) is 4.79 Å². The van der Waals surface area contributed by atoms with E-state index in [1.807, 2.05) is 0 Å². The van der Waals surface area contributed by atoms with Gasteiger partial charge in [0.05, 0.1) is 13.2 Å². The highest BCUT2D eigenvalue weighted by Gasteiger charge is 2.18. The van der Waals surface area contributed by atoms with Crippen molar-refractivity contribution in [2.45, 2.75) is 12.8 Å². The second kappa shape index (κ2) is 4.93. The molecule has 1 aliphatic heterocycles. The maximum Gasteiger partial charge on any atom is 0.220 e. The summed E-state index contributed by atoms with van der Waals surface area (Å²) in [5, 5.41) is 2.79. The molecule has 68 valence electrons. The molecule has 1 unspecified atom stereocenters. The molecule has 1 amide bonds. The molecule has 0 spiro atoms. The number of ether oxygens (including phenoxy) is 1. The van der Waals surface area contributed by atoms with Gasteiger partial charge in [-0.05, 0) is 12.3 Å². The first-order chi connectivity index (χ1) is 5.83. The van der Waals surface area contributed by atoms with Crippen molar-refractivity contribution in [1.82, 2.24) is 5.32 Å². The van der Waals surface area contributed by atoms with Gasteiger partial charge in [-0.2, -0.15) is 0 Å². The first-order valence-electron chi connectivity index (χ1n) is 4.28. The highest BCUT2D eigenvalue weighted by atomic mass is 16.5. The summed E-state index contributed by atoms with van der Waals surface area (Å²) in [5.41, 5.74) is 0. The zero-order chi connectivity index (χ0) is 8.81. The van der Waals surface area contributed by atoms with E-state index in [0.717, 1.165) is 13.0 Å². The van der Waals surface area contributed by atoms with Gasteiger partial charge in [0.15, 0.2) is 0 Å². The molecule has 1 atom stereocenters. The normalized spacial score (nSPS) is 23.3. The van der Waals surface area contributed by atoms with Crippen LogP contribution in [0.4, 0.5) is 0 Å². The summed E-state index contributed by atoms with van der Waals surface area (Å²) in [5.74, 6) is 0.548. The van der Waals surface area contributed by atoms with Crippen LogP contribution in [0.1, 0.15) is 12.8 Å². The van der Waals surface area contributed by atoms with E-state index in [0.29, 0.717) is 25.6 Å². The van der Waals surface area contributed by atoms with Gasteiger partial charge < -0.3 is 10.1 Å². The molecular formula is C9H15NO2. The highest BCUT2D eigenvalue weighted by Crippen LogP contribution is 2.12. The first kappa shape index (κ1) is 9.26. The van der Waals surface area contributed by atoms with Crippen molar-refractivity contribution >= 4 is 5.91 Å². The Labute approximate surface area is 72.8 Å². The van der Waals surface area contributed by atoms with Crippen molar-refractivity contribution in [1.29, 1.82) is 0 Å². The van der Waals surface area contributed by atoms with Crippen LogP contribution in [0.3, 0.4) is 0 Å². The number of hydrogen-bond donors (Lipinski definition) is 1. The third-order valence-electron chi connectivity index (χ3n) is 1.94. The Hall–Kier alpha value is -0.830. The third-order valence-corrected chi connectivity index (χ3v) is 1.94. The van der Waals surface area contributed by atoms with Crippen LogP contribution < -0.4 is 5.32 Å². The molecule has 0 aromatic carbocycles. The van der Waals surface area contributed by atoms with Gasteiger partial charge in [-0.25, -0.2) is 0 Å². The summed E-state index contributed by atoms with van der Waals surface area (Å²) < 4.78 is 5.27. The SMILES string of the molecule is C=CCOCC1CCNC(=O)C1. The summed E-state index contributed by atoms with van der Waals surface area (Å²) in [6, 6.07) is 0. The van der Waals surface area contributed by atoms with E-state index in [4.69, 9.17) is 4.74 Å². The lowest BCUT2D eigenvalue weighted by Gasteiger charge is -2.21. The van der Waals surface area contributed by atoms with Gasteiger partial charge >= 0.3 is 0 Å². The smallest absolute Gasteiger partial charge is 0.220 e. The van der Waals surface area contributed by atoms with Crippen LogP contribution in [0.15, 0.2) is 12.7 Å². The summed E-state index contributed by atoms with van der Waals surface area (Å²) in [7, 11) is 0. The van der Waals surface area contributed by atoms with Gasteiger partial charge in [-0.1, -0.05) is 6.08 Å². The van der Waals surface area contributed by atoms with Crippen molar-refractivity contribution < 1.29 is 9.53 Å². The molecule has 1 rings (SSSR count). The minimum absolute atomic E-state index is 0.147. The average Bonchev–Trinajstić information content (AvgIpc) is 2.05. The second-order valence-corrected chi connectivity index (χ2v) is 3.03. The van der Waals surface area contributed by atoms with Crippen molar-refractivity contribution in [3.05, 3.63) is 12.7 Å². The maximum atomic E-state index is 10.9. The largest absolute Gasteiger partial charge is 0.377 e. The van der Waals surface area contributed by atoms with Gasteiger partial charge in [0.1, 0.15) is 0 Å². The van der Waals surface area contributed by atoms with Crippen LogP contribution >= 0.6 is 0 Å². The van der Waals surface area contributed by atoms with E-state index in [1.54, 1.807) is 6.08 Å². The molecular weight excluding hydrogens is 154 g/mol. The molecule has 0 bridgehead atoms. The van der Waals surface area contributed by atoms with Gasteiger partial charge in [0, 0.05) is 13.0 Å². The Morgan fingerprint density at radius 2 is 2.58 bits per heavy atom. The maximum absolute atomic E-state index is 10.9. The van der Waals surface area contributed by atoms with Crippen LogP contribution in [0.25, 0.3) is 0 Å². The molecule has 0 aromatic heterocycles. The van der Waals surface area contributed by atoms with Crippen molar-refractivity contribution in [3.8, 4) is 0 Å². The van der Waals surface area contributed by atoms with E-state index in [1.165, 1.54) is 0 Å². The molecule has 3 heteroatoms. The summed E-state index contributed by atoms with van der Waals surface area (Å²) >= 11 is 0. The van der Waals surface area contributed by atoms with Gasteiger partial charge in [0.25, 0.3) is 0 Å². The third kappa shape index (κ3) is 3.05. The van der Waals surface area contributed by atoms with E-state index in [-0.39, 0.29) is 5.91 Å². The molecule has 1 heterocycles. The van der Waals surface area contributed by atoms with E-state index in [2.05, 4.69) is 11.9 Å². The van der Waals surface area contributed by atoms with E-state index < -0.39 is 0 Å². The summed E-state index contributed by atoms with van der Waals surface area (Å²) in [6.45, 7) is 5.61. The van der Waals surface area contributed by atoms with Crippen LogP contribution in [-0.4, -0.2) is 25.7 Å². The summed E-state index contributed by atoms with van der Waals surface area (Å²) in [4.78, 5) is 10.9. The Morgan fingerprint density at radius 3 is 3.25 bits per heavy atom. The Bertz CT molecular complexity index is 168. The zero-order valence-electron chi connectivity index (χ0n) is 7.21. The quantitative estimate of drug-likeness (QED) is 0.497. The van der Waals surface area contributed by atoms with E-state index in [9.17, 15) is 4.79 Å². The summed E-state index contributed by atoms with van der Waals surface area (Å²) in [6.07, 6.45) is 3.36. The monoisotopic (exact) mass is 169 g/mol. The fourth-order valence-electron chi connectivity index (χ4n) is 1.31. The van der Waals surface area contributed by atoms with Crippen molar-refractivity contribution in [3.63, 3.8) is 0 Å². The Morgan fingerprint density at radius 1 is 1.75 bits per heavy atom. The van der Waals surface area contributed by atoms with Crippen molar-refractivity contribution in [2.75, 3.05) is 19.8 Å². The lowest BCUT2D eigenvalue weighted by atomic mass is 9.99.